The normalized spacial score (nSPS) is 11.3. The van der Waals surface area contributed by atoms with Crippen LogP contribution in [0.4, 0.5) is 5.69 Å². The average Bonchev–Trinajstić information content (AvgIpc) is 2.80. The quantitative estimate of drug-likeness (QED) is 0.341. The molecule has 0 aliphatic heterocycles. The van der Waals surface area contributed by atoms with Crippen molar-refractivity contribution in [3.63, 3.8) is 0 Å². The van der Waals surface area contributed by atoms with Crippen LogP contribution < -0.4 is 15.6 Å². The summed E-state index contributed by atoms with van der Waals surface area (Å²) < 4.78 is 0. The highest BCUT2D eigenvalue weighted by Crippen LogP contribution is 2.14. The van der Waals surface area contributed by atoms with E-state index in [0.29, 0.717) is 5.56 Å². The van der Waals surface area contributed by atoms with Gasteiger partial charge in [-0.2, -0.15) is 5.10 Å². The van der Waals surface area contributed by atoms with Crippen molar-refractivity contribution in [2.45, 2.75) is 6.92 Å². The molecule has 0 aliphatic carbocycles. The van der Waals surface area contributed by atoms with Gasteiger partial charge in [-0.05, 0) is 48.4 Å². The van der Waals surface area contributed by atoms with Crippen molar-refractivity contribution in [2.24, 2.45) is 5.10 Å². The molecule has 0 atom stereocenters. The van der Waals surface area contributed by atoms with Gasteiger partial charge in [0.2, 0.25) is 0 Å². The molecule has 2 amide bonds. The zero-order valence-corrected chi connectivity index (χ0v) is 18.4. The van der Waals surface area contributed by atoms with Crippen LogP contribution in [0.2, 0.25) is 0 Å². The molecule has 0 aromatic heterocycles. The van der Waals surface area contributed by atoms with Gasteiger partial charge in [0.25, 0.3) is 11.8 Å². The lowest BCUT2D eigenvalue weighted by Gasteiger charge is -2.12. The molecule has 0 radical (unpaired) electrons. The van der Waals surface area contributed by atoms with Crippen LogP contribution in [0.3, 0.4) is 0 Å². The zero-order valence-electron chi connectivity index (χ0n) is 18.4. The number of aryl methyl sites for hydroxylation is 1. The Morgan fingerprint density at radius 1 is 0.844 bits per heavy atom. The highest BCUT2D eigenvalue weighted by molar-refractivity contribution is 6.05. The number of amides is 2. The Morgan fingerprint density at radius 3 is 2.09 bits per heavy atom. The number of hydrazone groups is 1. The molecule has 0 aliphatic rings. The van der Waals surface area contributed by atoms with Gasteiger partial charge < -0.3 is 10.2 Å². The molecule has 6 nitrogen and oxygen atoms in total. The first-order chi connectivity index (χ1) is 15.4. The van der Waals surface area contributed by atoms with Gasteiger partial charge in [0.15, 0.2) is 0 Å². The predicted molar refractivity (Wildman–Crippen MR) is 130 cm³/mol. The first-order valence-electron chi connectivity index (χ1n) is 10.2. The van der Waals surface area contributed by atoms with Crippen molar-refractivity contribution in [3.8, 4) is 0 Å². The highest BCUT2D eigenvalue weighted by Gasteiger charge is 2.14. The van der Waals surface area contributed by atoms with Crippen LogP contribution in [0.15, 0.2) is 89.7 Å². The monoisotopic (exact) mass is 426 g/mol. The minimum atomic E-state index is -0.519. The smallest absolute Gasteiger partial charge is 0.287 e. The minimum absolute atomic E-state index is 0.0949. The van der Waals surface area contributed by atoms with E-state index in [1.807, 2.05) is 80.5 Å². The molecule has 0 saturated carbocycles. The fourth-order valence-corrected chi connectivity index (χ4v) is 2.86. The molecular formula is C26H26N4O2. The van der Waals surface area contributed by atoms with E-state index in [-0.39, 0.29) is 11.6 Å². The second-order valence-electron chi connectivity index (χ2n) is 7.47. The van der Waals surface area contributed by atoms with Crippen molar-refractivity contribution in [1.82, 2.24) is 10.7 Å². The molecule has 3 aromatic carbocycles. The van der Waals surface area contributed by atoms with E-state index in [0.717, 1.165) is 22.4 Å². The van der Waals surface area contributed by atoms with Crippen LogP contribution in [0.5, 0.6) is 0 Å². The Balaban J connectivity index is 1.80. The molecule has 3 rings (SSSR count). The molecule has 0 fully saturated rings. The third kappa shape index (κ3) is 6.40. The molecule has 162 valence electrons. The summed E-state index contributed by atoms with van der Waals surface area (Å²) in [5.74, 6) is -0.895. The molecule has 2 N–H and O–H groups in total. The van der Waals surface area contributed by atoms with Gasteiger partial charge in [-0.25, -0.2) is 5.43 Å². The summed E-state index contributed by atoms with van der Waals surface area (Å²) in [5, 5.41) is 6.73. The van der Waals surface area contributed by atoms with E-state index in [9.17, 15) is 9.59 Å². The van der Waals surface area contributed by atoms with Crippen LogP contribution in [0, 0.1) is 6.92 Å². The number of nitrogens with one attached hydrogen (secondary N) is 2. The van der Waals surface area contributed by atoms with Gasteiger partial charge in [-0.15, -0.1) is 0 Å². The topological polar surface area (TPSA) is 73.8 Å². The van der Waals surface area contributed by atoms with Gasteiger partial charge in [0.05, 0.1) is 6.21 Å². The van der Waals surface area contributed by atoms with E-state index >= 15 is 0 Å². The Hall–Kier alpha value is -4.19. The van der Waals surface area contributed by atoms with Crippen molar-refractivity contribution in [3.05, 3.63) is 107 Å². The molecule has 3 aromatic rings. The summed E-state index contributed by atoms with van der Waals surface area (Å²) in [6.45, 7) is 2.00. The Labute approximate surface area is 188 Å². The number of nitrogens with zero attached hydrogens (tertiary/aromatic N) is 2. The standard InChI is InChI=1S/C26H26N4O2/c1-19-9-11-21(12-10-19)18-27-29-26(32)24(28-25(31)22-7-5-4-6-8-22)17-20-13-15-23(16-14-20)30(2)3/h4-18H,1-3H3,(H,28,31)(H,29,32)/b24-17-,27-18?. The van der Waals surface area contributed by atoms with Gasteiger partial charge in [-0.1, -0.05) is 60.2 Å². The van der Waals surface area contributed by atoms with E-state index < -0.39 is 5.91 Å². The van der Waals surface area contributed by atoms with Crippen molar-refractivity contribution < 1.29 is 9.59 Å². The third-order valence-corrected chi connectivity index (χ3v) is 4.71. The molecule has 0 unspecified atom stereocenters. The van der Waals surface area contributed by atoms with Crippen LogP contribution in [-0.4, -0.2) is 32.1 Å². The van der Waals surface area contributed by atoms with Crippen LogP contribution in [0.25, 0.3) is 6.08 Å². The second-order valence-corrected chi connectivity index (χ2v) is 7.47. The predicted octanol–water partition coefficient (Wildman–Crippen LogP) is 3.98. The summed E-state index contributed by atoms with van der Waals surface area (Å²) in [7, 11) is 3.91. The molecular weight excluding hydrogens is 400 g/mol. The summed E-state index contributed by atoms with van der Waals surface area (Å²) >= 11 is 0. The van der Waals surface area contributed by atoms with Crippen molar-refractivity contribution in [2.75, 3.05) is 19.0 Å². The number of carbonyl (C=O) groups excluding carboxylic acids is 2. The lowest BCUT2D eigenvalue weighted by Crippen LogP contribution is -2.32. The Morgan fingerprint density at radius 2 is 1.47 bits per heavy atom. The maximum Gasteiger partial charge on any atom is 0.287 e. The van der Waals surface area contributed by atoms with Gasteiger partial charge in [-0.3, -0.25) is 9.59 Å². The van der Waals surface area contributed by atoms with E-state index in [1.165, 1.54) is 0 Å². The Kier molecular flexibility index (Phi) is 7.54. The number of rotatable bonds is 7. The molecule has 32 heavy (non-hydrogen) atoms. The van der Waals surface area contributed by atoms with Gasteiger partial charge >= 0.3 is 0 Å². The van der Waals surface area contributed by atoms with Crippen molar-refractivity contribution in [1.29, 1.82) is 0 Å². The van der Waals surface area contributed by atoms with E-state index in [2.05, 4.69) is 15.8 Å². The Bertz CT molecular complexity index is 1120. The van der Waals surface area contributed by atoms with Crippen LogP contribution >= 0.6 is 0 Å². The fourth-order valence-electron chi connectivity index (χ4n) is 2.86. The summed E-state index contributed by atoms with van der Waals surface area (Å²) in [6, 6.07) is 24.1. The SMILES string of the molecule is Cc1ccc(C=NNC(=O)/C(=C/c2ccc(N(C)C)cc2)NC(=O)c2ccccc2)cc1. The fraction of sp³-hybridized carbons (Fsp3) is 0.115. The highest BCUT2D eigenvalue weighted by atomic mass is 16.2. The zero-order chi connectivity index (χ0) is 22.9. The third-order valence-electron chi connectivity index (χ3n) is 4.71. The largest absolute Gasteiger partial charge is 0.378 e. The van der Waals surface area contributed by atoms with E-state index in [4.69, 9.17) is 0 Å². The van der Waals surface area contributed by atoms with E-state index in [1.54, 1.807) is 36.6 Å². The van der Waals surface area contributed by atoms with Gasteiger partial charge in [0.1, 0.15) is 5.70 Å². The van der Waals surface area contributed by atoms with Crippen LogP contribution in [-0.2, 0) is 4.79 Å². The first-order valence-corrected chi connectivity index (χ1v) is 10.2. The number of anilines is 1. The maximum atomic E-state index is 12.8. The number of hydrogen-bond acceptors (Lipinski definition) is 4. The average molecular weight is 427 g/mol. The van der Waals surface area contributed by atoms with Crippen LogP contribution in [0.1, 0.15) is 27.0 Å². The molecule has 0 spiro atoms. The second kappa shape index (κ2) is 10.7. The number of benzene rings is 3. The van der Waals surface area contributed by atoms with Crippen molar-refractivity contribution >= 4 is 29.8 Å². The summed E-state index contributed by atoms with van der Waals surface area (Å²) in [5.41, 5.74) is 6.84. The maximum absolute atomic E-state index is 12.8. The first kappa shape index (κ1) is 22.5. The number of hydrogen-bond donors (Lipinski definition) is 2. The summed E-state index contributed by atoms with van der Waals surface area (Å²) in [4.78, 5) is 27.4. The molecule has 0 heterocycles. The molecule has 0 saturated heterocycles. The number of carbonyl (C=O) groups is 2. The lowest BCUT2D eigenvalue weighted by atomic mass is 10.1. The lowest BCUT2D eigenvalue weighted by molar-refractivity contribution is -0.117. The van der Waals surface area contributed by atoms with Gasteiger partial charge in [0, 0.05) is 25.3 Å². The molecule has 6 heteroatoms. The summed E-state index contributed by atoms with van der Waals surface area (Å²) in [6.07, 6.45) is 3.18. The minimum Gasteiger partial charge on any atom is -0.378 e. The molecule has 0 bridgehead atoms.